The fourth-order valence-corrected chi connectivity index (χ4v) is 1.57. The summed E-state index contributed by atoms with van der Waals surface area (Å²) in [4.78, 5) is 3.54. The zero-order chi connectivity index (χ0) is 4.91. The van der Waals surface area contributed by atoms with Gasteiger partial charge in [0.15, 0.2) is 0 Å². The zero-order valence-corrected chi connectivity index (χ0v) is 4.15. The molecule has 0 aliphatic heterocycles. The van der Waals surface area contributed by atoms with Gasteiger partial charge in [-0.1, -0.05) is 0 Å². The fraction of sp³-hybridized carbons (Fsp3) is 0.833. The molecule has 36 valence electrons. The van der Waals surface area contributed by atoms with Gasteiger partial charge in [0.2, 0.25) is 5.54 Å². The summed E-state index contributed by atoms with van der Waals surface area (Å²) in [7, 11) is 0. The average Bonchev–Trinajstić information content (AvgIpc) is 1.25. The van der Waals surface area contributed by atoms with Crippen LogP contribution >= 0.6 is 0 Å². The number of nitrogens with zero attached hydrogens (tertiary/aromatic N) is 1. The topological polar surface area (TPSA) is 4.36 Å². The first-order valence-electron chi connectivity index (χ1n) is 2.73. The van der Waals surface area contributed by atoms with Crippen molar-refractivity contribution in [3.8, 4) is 0 Å². The summed E-state index contributed by atoms with van der Waals surface area (Å²) in [5, 5.41) is 0. The molecule has 0 aromatic heterocycles. The summed E-state index contributed by atoms with van der Waals surface area (Å²) in [6, 6.07) is 0. The van der Waals surface area contributed by atoms with E-state index in [1.54, 1.807) is 0 Å². The van der Waals surface area contributed by atoms with E-state index >= 15 is 0 Å². The molecule has 0 saturated heterocycles. The molecule has 3 saturated carbocycles. The van der Waals surface area contributed by atoms with E-state index in [9.17, 15) is 0 Å². The fourth-order valence-electron chi connectivity index (χ4n) is 1.57. The molecule has 0 amide bonds. The van der Waals surface area contributed by atoms with Gasteiger partial charge in [-0.3, -0.25) is 0 Å². The Morgan fingerprint density at radius 3 is 2.00 bits per heavy atom. The highest BCUT2D eigenvalue weighted by Gasteiger charge is 2.63. The Morgan fingerprint density at radius 2 is 2.00 bits per heavy atom. The second kappa shape index (κ2) is 0.709. The molecule has 0 spiro atoms. The van der Waals surface area contributed by atoms with E-state index in [2.05, 4.69) is 4.85 Å². The first-order valence-corrected chi connectivity index (χ1v) is 2.73. The van der Waals surface area contributed by atoms with Gasteiger partial charge in [-0.25, -0.2) is 6.57 Å². The van der Waals surface area contributed by atoms with E-state index < -0.39 is 0 Å². The zero-order valence-electron chi connectivity index (χ0n) is 4.15. The summed E-state index contributed by atoms with van der Waals surface area (Å²) in [5.41, 5.74) is 0.199. The third-order valence-corrected chi connectivity index (χ3v) is 2.24. The van der Waals surface area contributed by atoms with Gasteiger partial charge in [0.05, 0.1) is 0 Å². The lowest BCUT2D eigenvalue weighted by molar-refractivity contribution is 0.0172. The van der Waals surface area contributed by atoms with Crippen molar-refractivity contribution in [1.29, 1.82) is 0 Å². The molecule has 0 aromatic carbocycles. The Kier molecular flexibility index (Phi) is 0.353. The highest BCUT2D eigenvalue weighted by atomic mass is 14.9. The van der Waals surface area contributed by atoms with Crippen molar-refractivity contribution in [2.24, 2.45) is 5.92 Å². The van der Waals surface area contributed by atoms with Crippen molar-refractivity contribution in [2.75, 3.05) is 0 Å². The summed E-state index contributed by atoms with van der Waals surface area (Å²) in [6.45, 7) is 6.72. The summed E-state index contributed by atoms with van der Waals surface area (Å²) >= 11 is 0. The third-order valence-electron chi connectivity index (χ3n) is 2.24. The Balaban J connectivity index is 2.20. The highest BCUT2D eigenvalue weighted by molar-refractivity contribution is 5.20. The maximum absolute atomic E-state index is 6.72. The Hall–Kier alpha value is -0.510. The molecule has 1 nitrogen and oxygen atoms in total. The van der Waals surface area contributed by atoms with Gasteiger partial charge in [0.25, 0.3) is 0 Å². The van der Waals surface area contributed by atoms with E-state index in [0.29, 0.717) is 0 Å². The second-order valence-corrected chi connectivity index (χ2v) is 2.81. The molecule has 0 aromatic rings. The lowest BCUT2D eigenvalue weighted by atomic mass is 9.50. The molecule has 1 heteroatoms. The molecular formula is C6H7N. The summed E-state index contributed by atoms with van der Waals surface area (Å²) in [5.74, 6) is 0.967. The van der Waals surface area contributed by atoms with Crippen molar-refractivity contribution < 1.29 is 0 Å². The number of rotatable bonds is 0. The highest BCUT2D eigenvalue weighted by Crippen LogP contribution is 2.59. The van der Waals surface area contributed by atoms with Crippen molar-refractivity contribution in [3.05, 3.63) is 11.4 Å². The SMILES string of the molecule is [C-]#[N+]C12CC(C1)C2. The standard InChI is InChI=1S/C6H7N/c1-7-6-2-5(3-6)4-6/h5H,2-4H2. The van der Waals surface area contributed by atoms with Crippen LogP contribution in [0.5, 0.6) is 0 Å². The molecule has 3 aliphatic carbocycles. The van der Waals surface area contributed by atoms with E-state index in [4.69, 9.17) is 6.57 Å². The van der Waals surface area contributed by atoms with E-state index in [1.807, 2.05) is 0 Å². The maximum Gasteiger partial charge on any atom is 0.233 e. The van der Waals surface area contributed by atoms with Crippen LogP contribution in [-0.4, -0.2) is 5.54 Å². The molecule has 0 N–H and O–H groups in total. The van der Waals surface area contributed by atoms with Crippen molar-refractivity contribution >= 4 is 0 Å². The van der Waals surface area contributed by atoms with E-state index in [1.165, 1.54) is 19.3 Å². The normalized spacial score (nSPS) is 53.9. The molecular weight excluding hydrogens is 86.1 g/mol. The number of hydrogen-bond donors (Lipinski definition) is 0. The van der Waals surface area contributed by atoms with Crippen molar-refractivity contribution in [2.45, 2.75) is 24.8 Å². The molecule has 3 fully saturated rings. The lowest BCUT2D eigenvalue weighted by Gasteiger charge is -2.51. The van der Waals surface area contributed by atoms with Crippen LogP contribution in [0.2, 0.25) is 0 Å². The summed E-state index contributed by atoms with van der Waals surface area (Å²) in [6.07, 6.45) is 3.66. The van der Waals surface area contributed by atoms with Crippen LogP contribution in [0.1, 0.15) is 19.3 Å². The average molecular weight is 93.1 g/mol. The molecule has 0 atom stereocenters. The first-order chi connectivity index (χ1) is 3.35. The smallest absolute Gasteiger partial charge is 0.233 e. The van der Waals surface area contributed by atoms with Gasteiger partial charge < -0.3 is 4.85 Å². The van der Waals surface area contributed by atoms with Gasteiger partial charge >= 0.3 is 0 Å². The van der Waals surface area contributed by atoms with Crippen molar-refractivity contribution in [3.63, 3.8) is 0 Å². The van der Waals surface area contributed by atoms with Gasteiger partial charge in [0.1, 0.15) is 0 Å². The molecule has 3 rings (SSSR count). The lowest BCUT2D eigenvalue weighted by Crippen LogP contribution is -2.55. The molecule has 0 heterocycles. The van der Waals surface area contributed by atoms with Crippen LogP contribution in [0, 0.1) is 12.5 Å². The van der Waals surface area contributed by atoms with Crippen LogP contribution in [0.15, 0.2) is 0 Å². The van der Waals surface area contributed by atoms with Gasteiger partial charge in [-0.15, -0.1) is 0 Å². The number of hydrogen-bond acceptors (Lipinski definition) is 0. The first kappa shape index (κ1) is 3.49. The molecule has 0 radical (unpaired) electrons. The molecule has 2 bridgehead atoms. The second-order valence-electron chi connectivity index (χ2n) is 2.81. The minimum atomic E-state index is 0.199. The monoisotopic (exact) mass is 93.1 g/mol. The molecule has 7 heavy (non-hydrogen) atoms. The minimum absolute atomic E-state index is 0.199. The predicted molar refractivity (Wildman–Crippen MR) is 26.7 cm³/mol. The van der Waals surface area contributed by atoms with Crippen LogP contribution in [0.3, 0.4) is 0 Å². The Bertz CT molecular complexity index is 126. The van der Waals surface area contributed by atoms with Crippen LogP contribution in [0.25, 0.3) is 4.85 Å². The minimum Gasteiger partial charge on any atom is -0.310 e. The Labute approximate surface area is 43.2 Å². The van der Waals surface area contributed by atoms with Gasteiger partial charge in [-0.05, 0) is 5.92 Å². The summed E-state index contributed by atoms with van der Waals surface area (Å²) < 4.78 is 0. The van der Waals surface area contributed by atoms with E-state index in [0.717, 1.165) is 5.92 Å². The van der Waals surface area contributed by atoms with Crippen LogP contribution in [-0.2, 0) is 0 Å². The third kappa shape index (κ3) is 0.219. The van der Waals surface area contributed by atoms with Gasteiger partial charge in [-0.2, -0.15) is 0 Å². The maximum atomic E-state index is 6.72. The Morgan fingerprint density at radius 1 is 1.43 bits per heavy atom. The van der Waals surface area contributed by atoms with Gasteiger partial charge in [0, 0.05) is 19.3 Å². The van der Waals surface area contributed by atoms with Crippen LogP contribution in [0.4, 0.5) is 0 Å². The van der Waals surface area contributed by atoms with Crippen molar-refractivity contribution in [1.82, 2.24) is 0 Å². The quantitative estimate of drug-likeness (QED) is 0.399. The molecule has 0 unspecified atom stereocenters. The predicted octanol–water partition coefficient (Wildman–Crippen LogP) is 1.46. The largest absolute Gasteiger partial charge is 0.310 e. The van der Waals surface area contributed by atoms with E-state index in [-0.39, 0.29) is 5.54 Å². The molecule has 3 aliphatic rings. The van der Waals surface area contributed by atoms with Crippen LogP contribution < -0.4 is 0 Å².